The van der Waals surface area contributed by atoms with E-state index >= 15 is 0 Å². The van der Waals surface area contributed by atoms with Crippen LogP contribution in [0.5, 0.6) is 17.2 Å². The lowest BCUT2D eigenvalue weighted by molar-refractivity contribution is -0.132. The molecule has 6 nitrogen and oxygen atoms in total. The van der Waals surface area contributed by atoms with E-state index in [1.807, 2.05) is 44.2 Å². The zero-order valence-corrected chi connectivity index (χ0v) is 15.4. The van der Waals surface area contributed by atoms with Crippen LogP contribution in [0, 0.1) is 0 Å². The molecule has 0 aliphatic rings. The van der Waals surface area contributed by atoms with E-state index in [2.05, 4.69) is 0 Å². The van der Waals surface area contributed by atoms with Crippen LogP contribution in [0.15, 0.2) is 53.3 Å². The summed E-state index contributed by atoms with van der Waals surface area (Å²) in [6.07, 6.45) is 0. The Kier molecular flexibility index (Phi) is 5.16. The highest BCUT2D eigenvalue weighted by Crippen LogP contribution is 2.36. The molecule has 0 unspecified atom stereocenters. The molecule has 1 N–H and O–H groups in total. The second-order valence-electron chi connectivity index (χ2n) is 6.50. The molecule has 0 bridgehead atoms. The van der Waals surface area contributed by atoms with E-state index in [1.165, 1.54) is 23.6 Å². The number of hydrogen-bond acceptors (Lipinski definition) is 5. The van der Waals surface area contributed by atoms with E-state index in [-0.39, 0.29) is 29.9 Å². The number of esters is 1. The summed E-state index contributed by atoms with van der Waals surface area (Å²) >= 11 is 0. The largest absolute Gasteiger partial charge is 0.508 e. The minimum atomic E-state index is -0.606. The number of aromatic nitrogens is 1. The summed E-state index contributed by atoms with van der Waals surface area (Å²) in [5, 5.41) is 10.5. The van der Waals surface area contributed by atoms with Crippen molar-refractivity contribution in [1.82, 2.24) is 4.57 Å². The summed E-state index contributed by atoms with van der Waals surface area (Å²) < 4.78 is 12.6. The smallest absolute Gasteiger partial charge is 0.308 e. The molecule has 140 valence electrons. The van der Waals surface area contributed by atoms with Crippen molar-refractivity contribution in [3.05, 3.63) is 64.4 Å². The lowest BCUT2D eigenvalue weighted by atomic mass is 10.1. The molecule has 27 heavy (non-hydrogen) atoms. The fraction of sp³-hybridized carbons (Fsp3) is 0.238. The van der Waals surface area contributed by atoms with Gasteiger partial charge in [0, 0.05) is 24.4 Å². The zero-order valence-electron chi connectivity index (χ0n) is 15.4. The first-order chi connectivity index (χ1) is 12.9. The zero-order chi connectivity index (χ0) is 19.6. The van der Waals surface area contributed by atoms with Gasteiger partial charge in [-0.05, 0) is 31.5 Å². The molecule has 0 atom stereocenters. The van der Waals surface area contributed by atoms with Gasteiger partial charge in [0.15, 0.2) is 5.75 Å². The van der Waals surface area contributed by atoms with Gasteiger partial charge in [0.1, 0.15) is 12.4 Å². The number of rotatable bonds is 5. The number of ether oxygens (including phenoxy) is 2. The summed E-state index contributed by atoms with van der Waals surface area (Å²) in [4.78, 5) is 24.6. The van der Waals surface area contributed by atoms with Crippen LogP contribution < -0.4 is 15.0 Å². The number of fused-ring (bicyclic) bond motifs is 1. The van der Waals surface area contributed by atoms with Crippen LogP contribution in [0.2, 0.25) is 0 Å². The number of hydrogen-bond donors (Lipinski definition) is 1. The predicted molar refractivity (Wildman–Crippen MR) is 102 cm³/mol. The van der Waals surface area contributed by atoms with Gasteiger partial charge in [-0.1, -0.05) is 30.3 Å². The Morgan fingerprint density at radius 1 is 1.11 bits per heavy atom. The van der Waals surface area contributed by atoms with Gasteiger partial charge >= 0.3 is 5.97 Å². The molecule has 2 aromatic carbocycles. The van der Waals surface area contributed by atoms with E-state index < -0.39 is 11.5 Å². The first-order valence-electron chi connectivity index (χ1n) is 8.65. The average molecular weight is 367 g/mol. The number of carbonyl (C=O) groups is 1. The number of nitrogens with zero attached hydrogens (tertiary/aromatic N) is 1. The normalized spacial score (nSPS) is 11.0. The van der Waals surface area contributed by atoms with E-state index in [9.17, 15) is 14.7 Å². The van der Waals surface area contributed by atoms with Gasteiger partial charge in [0.25, 0.3) is 5.56 Å². The van der Waals surface area contributed by atoms with Gasteiger partial charge in [-0.2, -0.15) is 0 Å². The number of carbonyl (C=O) groups excluding carboxylic acids is 1. The van der Waals surface area contributed by atoms with Crippen molar-refractivity contribution in [3.63, 3.8) is 0 Å². The second-order valence-corrected chi connectivity index (χ2v) is 6.50. The minimum Gasteiger partial charge on any atom is -0.508 e. The number of pyridine rings is 1. The van der Waals surface area contributed by atoms with Crippen molar-refractivity contribution in [1.29, 1.82) is 0 Å². The maximum absolute atomic E-state index is 13.0. The maximum Gasteiger partial charge on any atom is 0.308 e. The minimum absolute atomic E-state index is 0.0329. The summed E-state index contributed by atoms with van der Waals surface area (Å²) in [6.45, 7) is 5.12. The molecule has 0 fully saturated rings. The standard InChI is InChI=1S/C21H21NO5/c1-13(2)22-18-11-16(24)9-10-17(18)19(20(21(22)25)27-14(3)23)26-12-15-7-5-4-6-8-15/h4-11,13,24H,12H2,1-3H3. The fourth-order valence-corrected chi connectivity index (χ4v) is 2.97. The molecule has 0 saturated carbocycles. The van der Waals surface area contributed by atoms with Crippen LogP contribution in [-0.4, -0.2) is 15.6 Å². The van der Waals surface area contributed by atoms with Crippen molar-refractivity contribution in [2.45, 2.75) is 33.4 Å². The fourth-order valence-electron chi connectivity index (χ4n) is 2.97. The van der Waals surface area contributed by atoms with E-state index in [1.54, 1.807) is 6.07 Å². The first-order valence-corrected chi connectivity index (χ1v) is 8.65. The number of phenolic OH excluding ortho intramolecular Hbond substituents is 1. The topological polar surface area (TPSA) is 77.8 Å². The van der Waals surface area contributed by atoms with Gasteiger partial charge < -0.3 is 19.1 Å². The van der Waals surface area contributed by atoms with Crippen molar-refractivity contribution in [2.24, 2.45) is 0 Å². The number of benzene rings is 2. The Hall–Kier alpha value is -3.28. The molecular weight excluding hydrogens is 346 g/mol. The van der Waals surface area contributed by atoms with Crippen LogP contribution in [0.4, 0.5) is 0 Å². The van der Waals surface area contributed by atoms with Crippen molar-refractivity contribution in [3.8, 4) is 17.2 Å². The number of phenols is 1. The van der Waals surface area contributed by atoms with Gasteiger partial charge in [-0.3, -0.25) is 9.59 Å². The molecule has 0 spiro atoms. The predicted octanol–water partition coefficient (Wildman–Crippen LogP) is 3.79. The van der Waals surface area contributed by atoms with Crippen LogP contribution >= 0.6 is 0 Å². The molecule has 3 aromatic rings. The van der Waals surface area contributed by atoms with Crippen molar-refractivity contribution < 1.29 is 19.4 Å². The Bertz CT molecular complexity index is 1040. The Morgan fingerprint density at radius 3 is 2.44 bits per heavy atom. The highest BCUT2D eigenvalue weighted by Gasteiger charge is 2.22. The summed E-state index contributed by atoms with van der Waals surface area (Å²) in [6, 6.07) is 13.9. The molecule has 0 amide bonds. The first kappa shape index (κ1) is 18.5. The average Bonchev–Trinajstić information content (AvgIpc) is 2.62. The highest BCUT2D eigenvalue weighted by molar-refractivity contribution is 5.90. The quantitative estimate of drug-likeness (QED) is 0.694. The summed E-state index contributed by atoms with van der Waals surface area (Å²) in [5.74, 6) is -0.535. The molecule has 1 heterocycles. The Morgan fingerprint density at radius 2 is 1.81 bits per heavy atom. The van der Waals surface area contributed by atoms with E-state index in [0.29, 0.717) is 10.9 Å². The van der Waals surface area contributed by atoms with E-state index in [0.717, 1.165) is 5.56 Å². The molecular formula is C21H21NO5. The molecule has 6 heteroatoms. The van der Waals surface area contributed by atoms with Gasteiger partial charge in [-0.25, -0.2) is 0 Å². The van der Waals surface area contributed by atoms with Crippen LogP contribution in [0.25, 0.3) is 10.9 Å². The SMILES string of the molecule is CC(=O)Oc1c(OCc2ccccc2)c2ccc(O)cc2n(C(C)C)c1=O. The molecule has 0 radical (unpaired) electrons. The van der Waals surface area contributed by atoms with Crippen molar-refractivity contribution >= 4 is 16.9 Å². The Labute approximate surface area is 156 Å². The lowest BCUT2D eigenvalue weighted by Gasteiger charge is -2.20. The van der Waals surface area contributed by atoms with Crippen LogP contribution in [0.3, 0.4) is 0 Å². The van der Waals surface area contributed by atoms with Crippen LogP contribution in [-0.2, 0) is 11.4 Å². The third-order valence-electron chi connectivity index (χ3n) is 4.09. The second kappa shape index (κ2) is 7.53. The maximum atomic E-state index is 13.0. The molecule has 1 aromatic heterocycles. The Balaban J connectivity index is 2.23. The third-order valence-corrected chi connectivity index (χ3v) is 4.09. The monoisotopic (exact) mass is 367 g/mol. The highest BCUT2D eigenvalue weighted by atomic mass is 16.6. The van der Waals surface area contributed by atoms with Gasteiger partial charge in [-0.15, -0.1) is 0 Å². The molecule has 0 saturated heterocycles. The molecule has 0 aliphatic heterocycles. The number of aromatic hydroxyl groups is 1. The van der Waals surface area contributed by atoms with Crippen molar-refractivity contribution in [2.75, 3.05) is 0 Å². The third kappa shape index (κ3) is 3.79. The lowest BCUT2D eigenvalue weighted by Crippen LogP contribution is -2.26. The van der Waals surface area contributed by atoms with Gasteiger partial charge in [0.05, 0.1) is 5.52 Å². The summed E-state index contributed by atoms with van der Waals surface area (Å²) in [7, 11) is 0. The van der Waals surface area contributed by atoms with Gasteiger partial charge in [0.2, 0.25) is 5.75 Å². The van der Waals surface area contributed by atoms with E-state index in [4.69, 9.17) is 9.47 Å². The molecule has 0 aliphatic carbocycles. The summed E-state index contributed by atoms with van der Waals surface area (Å²) in [5.41, 5.74) is 0.932. The van der Waals surface area contributed by atoms with Crippen LogP contribution in [0.1, 0.15) is 32.4 Å². The molecule has 3 rings (SSSR count).